The first-order valence-corrected chi connectivity index (χ1v) is 12.5. The van der Waals surface area contributed by atoms with E-state index < -0.39 is 27.2 Å². The van der Waals surface area contributed by atoms with Gasteiger partial charge in [0.1, 0.15) is 28.5 Å². The summed E-state index contributed by atoms with van der Waals surface area (Å²) < 4.78 is 54.7. The summed E-state index contributed by atoms with van der Waals surface area (Å²) in [5, 5.41) is 17.4. The van der Waals surface area contributed by atoms with E-state index in [1.54, 1.807) is 30.6 Å². The van der Waals surface area contributed by atoms with Gasteiger partial charge in [-0.15, -0.1) is 10.2 Å². The van der Waals surface area contributed by atoms with Crippen molar-refractivity contribution in [2.45, 2.75) is 25.2 Å². The summed E-state index contributed by atoms with van der Waals surface area (Å²) >= 11 is 0. The molecule has 4 rings (SSSR count). The molecule has 0 aliphatic carbocycles. The summed E-state index contributed by atoms with van der Waals surface area (Å²) in [6.45, 7) is 3.11. The topological polar surface area (TPSA) is 154 Å². The molecule has 0 amide bonds. The van der Waals surface area contributed by atoms with E-state index in [2.05, 4.69) is 29.9 Å². The molecule has 4 aromatic rings. The van der Waals surface area contributed by atoms with Gasteiger partial charge in [0.15, 0.2) is 17.5 Å². The second-order valence-electron chi connectivity index (χ2n) is 8.00. The Morgan fingerprint density at radius 1 is 1.05 bits per heavy atom. The van der Waals surface area contributed by atoms with E-state index in [0.29, 0.717) is 22.7 Å². The maximum absolute atomic E-state index is 13.3. The predicted molar refractivity (Wildman–Crippen MR) is 131 cm³/mol. The van der Waals surface area contributed by atoms with Crippen LogP contribution in [-0.2, 0) is 10.0 Å². The zero-order valence-electron chi connectivity index (χ0n) is 20.3. The van der Waals surface area contributed by atoms with Gasteiger partial charge in [0, 0.05) is 18.0 Å². The fourth-order valence-corrected chi connectivity index (χ4v) is 4.59. The van der Waals surface area contributed by atoms with Crippen LogP contribution in [0, 0.1) is 12.7 Å². The van der Waals surface area contributed by atoms with Crippen molar-refractivity contribution in [2.24, 2.45) is 0 Å². The average molecular weight is 530 g/mol. The zero-order valence-corrected chi connectivity index (χ0v) is 21.1. The van der Waals surface area contributed by atoms with E-state index >= 15 is 0 Å². The number of rotatable bonds is 9. The summed E-state index contributed by atoms with van der Waals surface area (Å²) in [7, 11) is -1.39. The van der Waals surface area contributed by atoms with Crippen molar-refractivity contribution >= 4 is 16.0 Å². The molecule has 0 bridgehead atoms. The Balaban J connectivity index is 1.83. The molecule has 14 heteroatoms. The molecule has 37 heavy (non-hydrogen) atoms. The monoisotopic (exact) mass is 529 g/mol. The van der Waals surface area contributed by atoms with Gasteiger partial charge in [0.2, 0.25) is 16.0 Å². The number of hydrogen-bond donors (Lipinski definition) is 2. The lowest BCUT2D eigenvalue weighted by atomic mass is 10.2. The maximum atomic E-state index is 13.3. The molecule has 0 aliphatic rings. The van der Waals surface area contributed by atoms with E-state index in [-0.39, 0.29) is 17.6 Å². The number of pyridine rings is 1. The van der Waals surface area contributed by atoms with Gasteiger partial charge in [-0.25, -0.2) is 22.8 Å². The van der Waals surface area contributed by atoms with Crippen molar-refractivity contribution in [2.75, 3.05) is 18.9 Å². The lowest BCUT2D eigenvalue weighted by molar-refractivity contribution is 0.166. The van der Waals surface area contributed by atoms with E-state index in [0.717, 1.165) is 18.0 Å². The first-order valence-electron chi connectivity index (χ1n) is 10.9. The van der Waals surface area contributed by atoms with E-state index in [9.17, 15) is 17.9 Å². The second kappa shape index (κ2) is 10.4. The standard InChI is InChI=1S/C23H24FN7O5S/c1-13-8-15(10-25-9-13)22-28-29-23(31(22)19-17(35-3)6-5-7-18(19)36-4)30-37(33,34)14(2)20(32)21-26-11-16(24)12-27-21/h5-12,14,20,32H,1-4H3,(H,29,30). The lowest BCUT2D eigenvalue weighted by Crippen LogP contribution is -2.32. The number of methoxy groups -OCH3 is 2. The number of anilines is 1. The second-order valence-corrected chi connectivity index (χ2v) is 10.0. The maximum Gasteiger partial charge on any atom is 0.243 e. The number of ether oxygens (including phenoxy) is 2. The SMILES string of the molecule is COc1cccc(OC)c1-n1c(NS(=O)(=O)C(C)C(O)c2ncc(F)cn2)nnc1-c1cncc(C)c1. The van der Waals surface area contributed by atoms with Crippen molar-refractivity contribution in [3.8, 4) is 28.6 Å². The Hall–Kier alpha value is -4.17. The fraction of sp³-hybridized carbons (Fsp3) is 0.261. The highest BCUT2D eigenvalue weighted by Crippen LogP contribution is 2.38. The zero-order chi connectivity index (χ0) is 26.7. The molecule has 3 aromatic heterocycles. The van der Waals surface area contributed by atoms with Crippen molar-refractivity contribution in [1.82, 2.24) is 29.7 Å². The number of hydrogen-bond acceptors (Lipinski definition) is 10. The number of nitrogens with zero attached hydrogens (tertiary/aromatic N) is 6. The smallest absolute Gasteiger partial charge is 0.243 e. The van der Waals surface area contributed by atoms with Crippen LogP contribution in [0.2, 0.25) is 0 Å². The van der Waals surface area contributed by atoms with Gasteiger partial charge in [0.05, 0.1) is 26.6 Å². The average Bonchev–Trinajstić information content (AvgIpc) is 3.29. The third-order valence-electron chi connectivity index (χ3n) is 5.49. The number of halogens is 1. The molecule has 2 unspecified atom stereocenters. The quantitative estimate of drug-likeness (QED) is 0.330. The van der Waals surface area contributed by atoms with Gasteiger partial charge >= 0.3 is 0 Å². The molecule has 1 aromatic carbocycles. The van der Waals surface area contributed by atoms with Crippen LogP contribution >= 0.6 is 0 Å². The number of para-hydroxylation sites is 1. The number of nitrogens with one attached hydrogen (secondary N) is 1. The van der Waals surface area contributed by atoms with Crippen LogP contribution in [0.3, 0.4) is 0 Å². The largest absolute Gasteiger partial charge is 0.494 e. The molecule has 194 valence electrons. The highest BCUT2D eigenvalue weighted by Gasteiger charge is 2.33. The minimum Gasteiger partial charge on any atom is -0.494 e. The highest BCUT2D eigenvalue weighted by atomic mass is 32.2. The molecule has 2 atom stereocenters. The number of benzene rings is 1. The van der Waals surface area contributed by atoms with Crippen molar-refractivity contribution in [3.63, 3.8) is 0 Å². The Morgan fingerprint density at radius 3 is 2.30 bits per heavy atom. The summed E-state index contributed by atoms with van der Waals surface area (Å²) in [6.07, 6.45) is 3.25. The van der Waals surface area contributed by atoms with Gasteiger partial charge < -0.3 is 14.6 Å². The number of aliphatic hydroxyl groups is 1. The van der Waals surface area contributed by atoms with Crippen LogP contribution in [0.25, 0.3) is 17.1 Å². The lowest BCUT2D eigenvalue weighted by Gasteiger charge is -2.20. The number of sulfonamides is 1. The third kappa shape index (κ3) is 5.20. The van der Waals surface area contributed by atoms with Crippen LogP contribution < -0.4 is 14.2 Å². The number of aliphatic hydroxyl groups excluding tert-OH is 1. The molecule has 12 nitrogen and oxygen atoms in total. The fourth-order valence-electron chi connectivity index (χ4n) is 3.55. The molecule has 3 heterocycles. The molecular weight excluding hydrogens is 505 g/mol. The molecule has 2 N–H and O–H groups in total. The minimum absolute atomic E-state index is 0.196. The van der Waals surface area contributed by atoms with Gasteiger partial charge in [-0.05, 0) is 37.6 Å². The minimum atomic E-state index is -4.31. The molecule has 0 aliphatic heterocycles. The van der Waals surface area contributed by atoms with Crippen LogP contribution in [0.5, 0.6) is 11.5 Å². The third-order valence-corrected chi connectivity index (χ3v) is 7.20. The molecule has 0 spiro atoms. The first kappa shape index (κ1) is 25.9. The summed E-state index contributed by atoms with van der Waals surface area (Å²) in [4.78, 5) is 11.6. The van der Waals surface area contributed by atoms with Crippen molar-refractivity contribution in [3.05, 3.63) is 66.3 Å². The molecule has 0 saturated carbocycles. The Morgan fingerprint density at radius 2 is 1.70 bits per heavy atom. The van der Waals surface area contributed by atoms with Crippen LogP contribution in [0.15, 0.2) is 49.1 Å². The van der Waals surface area contributed by atoms with Crippen molar-refractivity contribution < 1.29 is 27.4 Å². The Bertz CT molecular complexity index is 1490. The molecule has 0 radical (unpaired) electrons. The van der Waals surface area contributed by atoms with Gasteiger partial charge in [0.25, 0.3) is 0 Å². The highest BCUT2D eigenvalue weighted by molar-refractivity contribution is 7.93. The van der Waals surface area contributed by atoms with Crippen LogP contribution in [-0.4, -0.2) is 62.7 Å². The van der Waals surface area contributed by atoms with Crippen LogP contribution in [0.4, 0.5) is 10.3 Å². The molecule has 0 fully saturated rings. The molecular formula is C23H24FN7O5S. The van der Waals surface area contributed by atoms with Crippen molar-refractivity contribution in [1.29, 1.82) is 0 Å². The first-order chi connectivity index (χ1) is 17.7. The normalized spacial score (nSPS) is 13.1. The van der Waals surface area contributed by atoms with Gasteiger partial charge in [-0.3, -0.25) is 14.3 Å². The van der Waals surface area contributed by atoms with Crippen LogP contribution in [0.1, 0.15) is 24.4 Å². The van der Waals surface area contributed by atoms with Gasteiger partial charge in [-0.2, -0.15) is 0 Å². The summed E-state index contributed by atoms with van der Waals surface area (Å²) in [6, 6.07) is 6.87. The van der Waals surface area contributed by atoms with Gasteiger partial charge in [-0.1, -0.05) is 6.07 Å². The molecule has 0 saturated heterocycles. The van der Waals surface area contributed by atoms with E-state index in [4.69, 9.17) is 9.47 Å². The van der Waals surface area contributed by atoms with E-state index in [1.165, 1.54) is 25.7 Å². The summed E-state index contributed by atoms with van der Waals surface area (Å²) in [5.74, 6) is -0.200. The Labute approximate surface area is 212 Å². The summed E-state index contributed by atoms with van der Waals surface area (Å²) in [5.41, 5.74) is 1.73. The number of aryl methyl sites for hydroxylation is 1. The predicted octanol–water partition coefficient (Wildman–Crippen LogP) is 2.45. The Kier molecular flexibility index (Phi) is 7.31. The number of aromatic nitrogens is 6. The van der Waals surface area contributed by atoms with E-state index in [1.807, 2.05) is 13.0 Å².